The second kappa shape index (κ2) is 11.5. The molecule has 0 amide bonds. The van der Waals surface area contributed by atoms with Crippen molar-refractivity contribution in [2.75, 3.05) is 13.1 Å². The molecular weight excluding hydrogens is 504 g/mol. The summed E-state index contributed by atoms with van der Waals surface area (Å²) < 4.78 is 1.07. The summed E-state index contributed by atoms with van der Waals surface area (Å²) in [5, 5.41) is 17.1. The Morgan fingerprint density at radius 2 is 2.04 bits per heavy atom. The van der Waals surface area contributed by atoms with Gasteiger partial charge in [-0.2, -0.15) is 0 Å². The van der Waals surface area contributed by atoms with Gasteiger partial charge in [0.1, 0.15) is 0 Å². The Balaban J connectivity index is 0.00000288. The molecule has 0 saturated heterocycles. The summed E-state index contributed by atoms with van der Waals surface area (Å²) in [6, 6.07) is 6.22. The van der Waals surface area contributed by atoms with Gasteiger partial charge in [-0.15, -0.1) is 24.0 Å². The fourth-order valence-electron chi connectivity index (χ4n) is 2.76. The Morgan fingerprint density at radius 3 is 2.71 bits per heavy atom. The Bertz CT molecular complexity index is 537. The van der Waals surface area contributed by atoms with Gasteiger partial charge in [-0.1, -0.05) is 27.5 Å². The molecule has 0 radical (unpaired) electrons. The third-order valence-electron chi connectivity index (χ3n) is 4.04. The van der Waals surface area contributed by atoms with Gasteiger partial charge in [0.25, 0.3) is 0 Å². The molecule has 2 rings (SSSR count). The highest BCUT2D eigenvalue weighted by molar-refractivity contribution is 14.0. The van der Waals surface area contributed by atoms with Crippen LogP contribution in [0.2, 0.25) is 5.02 Å². The van der Waals surface area contributed by atoms with Crippen molar-refractivity contribution in [3.05, 3.63) is 33.3 Å². The smallest absolute Gasteiger partial charge is 0.191 e. The van der Waals surface area contributed by atoms with E-state index in [4.69, 9.17) is 11.6 Å². The molecule has 0 aliphatic heterocycles. The monoisotopic (exact) mass is 529 g/mol. The Labute approximate surface area is 175 Å². The maximum atomic E-state index is 9.59. The van der Waals surface area contributed by atoms with Gasteiger partial charge < -0.3 is 15.7 Å². The largest absolute Gasteiger partial charge is 0.393 e. The summed E-state index contributed by atoms with van der Waals surface area (Å²) in [4.78, 5) is 4.66. The maximum Gasteiger partial charge on any atom is 0.191 e. The Hall–Kier alpha value is -0.0500. The molecule has 1 aromatic carbocycles. The van der Waals surface area contributed by atoms with E-state index in [1.165, 1.54) is 0 Å². The lowest BCUT2D eigenvalue weighted by Crippen LogP contribution is -2.45. The zero-order chi connectivity index (χ0) is 16.7. The van der Waals surface area contributed by atoms with E-state index < -0.39 is 0 Å². The van der Waals surface area contributed by atoms with Crippen LogP contribution in [0.1, 0.15) is 38.2 Å². The number of hydrogen-bond acceptors (Lipinski definition) is 2. The summed E-state index contributed by atoms with van der Waals surface area (Å²) in [5.74, 6) is 0.854. The predicted octanol–water partition coefficient (Wildman–Crippen LogP) is 4.12. The molecule has 0 heterocycles. The minimum Gasteiger partial charge on any atom is -0.393 e. The van der Waals surface area contributed by atoms with Crippen LogP contribution in [0.15, 0.2) is 27.7 Å². The molecule has 7 heteroatoms. The topological polar surface area (TPSA) is 56.7 Å². The summed E-state index contributed by atoms with van der Waals surface area (Å²) in [6.45, 7) is 3.60. The second-order valence-corrected chi connectivity index (χ2v) is 7.19. The molecule has 0 aromatic heterocycles. The number of nitrogens with zero attached hydrogens (tertiary/aromatic N) is 1. The number of halogens is 3. The highest BCUT2D eigenvalue weighted by Gasteiger charge is 2.19. The minimum atomic E-state index is -0.132. The Kier molecular flexibility index (Phi) is 10.6. The van der Waals surface area contributed by atoms with Gasteiger partial charge in [-0.25, -0.2) is 0 Å². The lowest BCUT2D eigenvalue weighted by atomic mass is 9.93. The van der Waals surface area contributed by atoms with Crippen molar-refractivity contribution in [1.82, 2.24) is 10.6 Å². The third-order valence-corrected chi connectivity index (χ3v) is 5.05. The van der Waals surface area contributed by atoms with Crippen LogP contribution in [0, 0.1) is 0 Å². The van der Waals surface area contributed by atoms with E-state index >= 15 is 0 Å². The second-order valence-electron chi connectivity index (χ2n) is 5.90. The number of aliphatic imine (C=N–C) groups is 1. The van der Waals surface area contributed by atoms with Crippen molar-refractivity contribution in [3.63, 3.8) is 0 Å². The first-order valence-electron chi connectivity index (χ1n) is 8.25. The number of nitrogens with one attached hydrogen (secondary N) is 2. The van der Waals surface area contributed by atoms with E-state index in [1.807, 2.05) is 18.2 Å². The van der Waals surface area contributed by atoms with E-state index in [2.05, 4.69) is 38.5 Å². The van der Waals surface area contributed by atoms with Crippen molar-refractivity contribution in [1.29, 1.82) is 0 Å². The molecule has 1 fully saturated rings. The van der Waals surface area contributed by atoms with Crippen LogP contribution in [0.3, 0.4) is 0 Å². The van der Waals surface area contributed by atoms with E-state index in [-0.39, 0.29) is 30.1 Å². The molecule has 1 saturated carbocycles. The van der Waals surface area contributed by atoms with Crippen molar-refractivity contribution in [3.8, 4) is 0 Å². The molecule has 0 unspecified atom stereocenters. The molecule has 1 aliphatic rings. The van der Waals surface area contributed by atoms with Crippen molar-refractivity contribution >= 4 is 57.5 Å². The van der Waals surface area contributed by atoms with Gasteiger partial charge in [0.2, 0.25) is 0 Å². The lowest BCUT2D eigenvalue weighted by molar-refractivity contribution is 0.120. The van der Waals surface area contributed by atoms with Gasteiger partial charge in [0.05, 0.1) is 6.10 Å². The van der Waals surface area contributed by atoms with E-state index in [9.17, 15) is 5.11 Å². The number of hydrogen-bond donors (Lipinski definition) is 3. The van der Waals surface area contributed by atoms with Crippen LogP contribution in [0.4, 0.5) is 0 Å². The summed E-state index contributed by atoms with van der Waals surface area (Å²) in [7, 11) is 0. The lowest BCUT2D eigenvalue weighted by Gasteiger charge is -2.27. The summed E-state index contributed by atoms with van der Waals surface area (Å²) in [6.07, 6.45) is 4.42. The molecule has 136 valence electrons. The summed E-state index contributed by atoms with van der Waals surface area (Å²) >= 11 is 9.60. The first kappa shape index (κ1) is 22.0. The van der Waals surface area contributed by atoms with Gasteiger partial charge in [0.15, 0.2) is 5.96 Å². The highest BCUT2D eigenvalue weighted by Crippen LogP contribution is 2.21. The van der Waals surface area contributed by atoms with Gasteiger partial charge in [-0.05, 0) is 62.8 Å². The molecule has 3 N–H and O–H groups in total. The number of guanidine groups is 1. The average molecular weight is 531 g/mol. The van der Waals surface area contributed by atoms with Gasteiger partial charge >= 0.3 is 0 Å². The normalized spacial score (nSPS) is 21.1. The van der Waals surface area contributed by atoms with Crippen LogP contribution in [0.5, 0.6) is 0 Å². The van der Waals surface area contributed by atoms with Gasteiger partial charge in [0, 0.05) is 28.6 Å². The number of rotatable bonds is 5. The average Bonchev–Trinajstić information content (AvgIpc) is 2.53. The molecule has 1 aromatic rings. The van der Waals surface area contributed by atoms with E-state index in [0.29, 0.717) is 12.6 Å². The molecule has 24 heavy (non-hydrogen) atoms. The standard InChI is InChI=1S/C17H25BrClN3O.HI/c1-2-20-17(22-14-4-6-15(23)7-5-14)21-10-9-12-11-13(19)3-8-16(12)18;/h3,8,11,14-15,23H,2,4-7,9-10H2,1H3,(H2,20,21,22);1H. The Morgan fingerprint density at radius 1 is 1.33 bits per heavy atom. The molecular formula is C17H26BrClIN3O. The first-order valence-corrected chi connectivity index (χ1v) is 9.42. The molecule has 1 aliphatic carbocycles. The predicted molar refractivity (Wildman–Crippen MR) is 116 cm³/mol. The molecule has 0 bridgehead atoms. The number of benzene rings is 1. The SMILES string of the molecule is CCNC(=NCCc1cc(Cl)ccc1Br)NC1CCC(O)CC1.I. The highest BCUT2D eigenvalue weighted by atomic mass is 127. The van der Waals surface area contributed by atoms with Gasteiger partial charge in [-0.3, -0.25) is 4.99 Å². The molecule has 4 nitrogen and oxygen atoms in total. The first-order chi connectivity index (χ1) is 11.1. The zero-order valence-corrected chi connectivity index (χ0v) is 18.6. The van der Waals surface area contributed by atoms with Crippen LogP contribution in [-0.4, -0.2) is 36.3 Å². The van der Waals surface area contributed by atoms with Crippen LogP contribution in [0.25, 0.3) is 0 Å². The summed E-state index contributed by atoms with van der Waals surface area (Å²) in [5.41, 5.74) is 1.16. The van der Waals surface area contributed by atoms with Crippen molar-refractivity contribution in [2.24, 2.45) is 4.99 Å². The van der Waals surface area contributed by atoms with Crippen LogP contribution in [-0.2, 0) is 6.42 Å². The van der Waals surface area contributed by atoms with Crippen molar-refractivity contribution in [2.45, 2.75) is 51.2 Å². The molecule has 0 spiro atoms. The van der Waals surface area contributed by atoms with Crippen molar-refractivity contribution < 1.29 is 5.11 Å². The fraction of sp³-hybridized carbons (Fsp3) is 0.588. The quantitative estimate of drug-likeness (QED) is 0.305. The molecule has 0 atom stereocenters. The van der Waals surface area contributed by atoms with E-state index in [0.717, 1.165) is 59.7 Å². The van der Waals surface area contributed by atoms with E-state index in [1.54, 1.807) is 0 Å². The zero-order valence-electron chi connectivity index (χ0n) is 13.9. The maximum absolute atomic E-state index is 9.59. The fourth-order valence-corrected chi connectivity index (χ4v) is 3.40. The third kappa shape index (κ3) is 7.45. The number of aliphatic hydroxyl groups excluding tert-OH is 1. The minimum absolute atomic E-state index is 0. The van der Waals surface area contributed by atoms with Crippen LogP contribution >= 0.6 is 51.5 Å². The number of aliphatic hydroxyl groups is 1. The van der Waals surface area contributed by atoms with Crippen LogP contribution < -0.4 is 10.6 Å².